The number of allylic oxidation sites excluding steroid dienone is 12. The number of rotatable bonds is 0. The maximum atomic E-state index is 2.00. The molecule has 12 heavy (non-hydrogen) atoms. The van der Waals surface area contributed by atoms with E-state index in [4.69, 9.17) is 0 Å². The van der Waals surface area contributed by atoms with Gasteiger partial charge < -0.3 is 0 Å². The Bertz CT molecular complexity index is 169. The Morgan fingerprint density at radius 1 is 0.167 bits per heavy atom. The third kappa shape index (κ3) is 4.29. The molecule has 0 aliphatic heterocycles. The molecule has 0 amide bonds. The summed E-state index contributed by atoms with van der Waals surface area (Å²) in [5, 5.41) is 0. The first-order valence-corrected chi connectivity index (χ1v) is 4.00. The van der Waals surface area contributed by atoms with E-state index in [1.807, 2.05) is 72.9 Å². The van der Waals surface area contributed by atoms with Crippen molar-refractivity contribution in [1.29, 1.82) is 0 Å². The zero-order chi connectivity index (χ0) is 8.49. The van der Waals surface area contributed by atoms with Crippen LogP contribution < -0.4 is 0 Å². The Hall–Kier alpha value is -1.56. The molecule has 0 aromatic heterocycles. The summed E-state index contributed by atoms with van der Waals surface area (Å²) >= 11 is 0. The molecule has 60 valence electrons. The summed E-state index contributed by atoms with van der Waals surface area (Å²) in [6.07, 6.45) is 24.0. The van der Waals surface area contributed by atoms with E-state index in [0.717, 1.165) is 0 Å². The van der Waals surface area contributed by atoms with Crippen molar-refractivity contribution < 1.29 is 0 Å². The van der Waals surface area contributed by atoms with Gasteiger partial charge in [-0.3, -0.25) is 0 Å². The van der Waals surface area contributed by atoms with Crippen LogP contribution >= 0.6 is 0 Å². The lowest BCUT2D eigenvalue weighted by Crippen LogP contribution is -1.55. The zero-order valence-electron chi connectivity index (χ0n) is 6.93. The second kappa shape index (κ2) is 6.17. The lowest BCUT2D eigenvalue weighted by Gasteiger charge is -1.77. The van der Waals surface area contributed by atoms with Crippen LogP contribution in [0.15, 0.2) is 72.9 Å². The Morgan fingerprint density at radius 3 is 0.333 bits per heavy atom. The molecule has 0 heteroatoms. The van der Waals surface area contributed by atoms with E-state index in [2.05, 4.69) is 0 Å². The highest BCUT2D eigenvalue weighted by molar-refractivity contribution is 5.23. The summed E-state index contributed by atoms with van der Waals surface area (Å²) in [6.45, 7) is 0. The maximum Gasteiger partial charge on any atom is -0.0623 e. The predicted molar refractivity (Wildman–Crippen MR) is 54.8 cm³/mol. The monoisotopic (exact) mass is 156 g/mol. The van der Waals surface area contributed by atoms with Crippen LogP contribution in [0.5, 0.6) is 0 Å². The molecule has 0 saturated heterocycles. The van der Waals surface area contributed by atoms with Gasteiger partial charge >= 0.3 is 0 Å². The Kier molecular flexibility index (Phi) is 4.39. The molecule has 0 atom stereocenters. The van der Waals surface area contributed by atoms with E-state index in [-0.39, 0.29) is 0 Å². The molecule has 0 aromatic rings. The highest BCUT2D eigenvalue weighted by atomic mass is 13.7. The average Bonchev–Trinajstić information content (AvgIpc) is 2.05. The van der Waals surface area contributed by atoms with Gasteiger partial charge in [-0.2, -0.15) is 0 Å². The normalized spacial score (nSPS) is 32.0. The Morgan fingerprint density at radius 2 is 0.250 bits per heavy atom. The van der Waals surface area contributed by atoms with Crippen LogP contribution in [0.2, 0.25) is 0 Å². The molecule has 0 aromatic carbocycles. The predicted octanol–water partition coefficient (Wildman–Crippen LogP) is 3.34. The van der Waals surface area contributed by atoms with Crippen molar-refractivity contribution in [2.75, 3.05) is 0 Å². The van der Waals surface area contributed by atoms with Gasteiger partial charge in [0.05, 0.1) is 0 Å². The molecule has 0 heterocycles. The molecule has 1 aliphatic rings. The van der Waals surface area contributed by atoms with E-state index < -0.39 is 0 Å². The van der Waals surface area contributed by atoms with Crippen molar-refractivity contribution in [2.45, 2.75) is 0 Å². The molecule has 1 aliphatic carbocycles. The summed E-state index contributed by atoms with van der Waals surface area (Å²) in [7, 11) is 0. The Balaban J connectivity index is 2.67. The molecule has 0 nitrogen and oxygen atoms in total. The molecule has 0 unspecified atom stereocenters. The van der Waals surface area contributed by atoms with Crippen LogP contribution in [0.4, 0.5) is 0 Å². The zero-order valence-corrected chi connectivity index (χ0v) is 6.93. The summed E-state index contributed by atoms with van der Waals surface area (Å²) in [5.74, 6) is 0. The van der Waals surface area contributed by atoms with Crippen LogP contribution in [0.25, 0.3) is 0 Å². The quantitative estimate of drug-likeness (QED) is 0.504. The summed E-state index contributed by atoms with van der Waals surface area (Å²) in [4.78, 5) is 0. The number of hydrogen-bond acceptors (Lipinski definition) is 0. The van der Waals surface area contributed by atoms with Crippen molar-refractivity contribution in [2.24, 2.45) is 0 Å². The summed E-state index contributed by atoms with van der Waals surface area (Å²) in [6, 6.07) is 0. The third-order valence-electron chi connectivity index (χ3n) is 1.33. The van der Waals surface area contributed by atoms with Gasteiger partial charge in [-0.15, -0.1) is 0 Å². The maximum absolute atomic E-state index is 2.00. The molecule has 0 spiro atoms. The van der Waals surface area contributed by atoms with Crippen LogP contribution in [0.1, 0.15) is 0 Å². The lowest BCUT2D eigenvalue weighted by atomic mass is 10.3. The van der Waals surface area contributed by atoms with Crippen molar-refractivity contribution in [3.05, 3.63) is 72.9 Å². The van der Waals surface area contributed by atoms with Gasteiger partial charge in [0.25, 0.3) is 0 Å². The molecular formula is C12H12. The highest BCUT2D eigenvalue weighted by Gasteiger charge is 1.65. The van der Waals surface area contributed by atoms with Gasteiger partial charge in [0.2, 0.25) is 0 Å². The van der Waals surface area contributed by atoms with Crippen LogP contribution in [0, 0.1) is 0 Å². The minimum atomic E-state index is 2.00. The molecule has 0 fully saturated rings. The molecular weight excluding hydrogens is 144 g/mol. The van der Waals surface area contributed by atoms with Crippen molar-refractivity contribution in [3.63, 3.8) is 0 Å². The van der Waals surface area contributed by atoms with E-state index in [1.54, 1.807) is 0 Å². The van der Waals surface area contributed by atoms with Gasteiger partial charge in [-0.25, -0.2) is 0 Å². The SMILES string of the molecule is C1=C\C=C\C=C\C=C\C=C\C=C/1. The van der Waals surface area contributed by atoms with Crippen LogP contribution in [0.3, 0.4) is 0 Å². The topological polar surface area (TPSA) is 0 Å². The largest absolute Gasteiger partial charge is 0.0623 e. The molecule has 1 rings (SSSR count). The van der Waals surface area contributed by atoms with Gasteiger partial charge in [-0.05, 0) is 0 Å². The minimum Gasteiger partial charge on any atom is -0.0623 e. The fourth-order valence-electron chi connectivity index (χ4n) is 0.770. The second-order valence-corrected chi connectivity index (χ2v) is 2.31. The first-order valence-electron chi connectivity index (χ1n) is 4.00. The second-order valence-electron chi connectivity index (χ2n) is 2.31. The summed E-state index contributed by atoms with van der Waals surface area (Å²) in [5.41, 5.74) is 0. The standard InChI is InChI=1S/C12H12/c1-2-4-6-8-10-12-11-9-7-5-3-1/h1-12H/b2-1-,3-1?,4-2?,5-3-,6-4+,7-5?,8-6?,9-7+,10-8+,11-9?,12-10?,12-11+. The van der Waals surface area contributed by atoms with E-state index in [0.29, 0.717) is 0 Å². The van der Waals surface area contributed by atoms with Gasteiger partial charge in [0.15, 0.2) is 0 Å². The minimum absolute atomic E-state index is 2.00. The fourth-order valence-corrected chi connectivity index (χ4v) is 0.770. The first-order chi connectivity index (χ1) is 6.00. The van der Waals surface area contributed by atoms with E-state index >= 15 is 0 Å². The average molecular weight is 156 g/mol. The molecule has 0 N–H and O–H groups in total. The van der Waals surface area contributed by atoms with Gasteiger partial charge in [0, 0.05) is 0 Å². The Labute approximate surface area is 73.6 Å². The molecule has 0 bridgehead atoms. The van der Waals surface area contributed by atoms with Crippen molar-refractivity contribution in [3.8, 4) is 0 Å². The highest BCUT2D eigenvalue weighted by Crippen LogP contribution is 1.87. The molecule has 0 radical (unpaired) electrons. The van der Waals surface area contributed by atoms with E-state index in [1.165, 1.54) is 0 Å². The first kappa shape index (κ1) is 8.54. The van der Waals surface area contributed by atoms with Crippen LogP contribution in [-0.4, -0.2) is 0 Å². The van der Waals surface area contributed by atoms with Gasteiger partial charge in [0.1, 0.15) is 0 Å². The number of hydrogen-bond donors (Lipinski definition) is 0. The van der Waals surface area contributed by atoms with Crippen LogP contribution in [-0.2, 0) is 0 Å². The third-order valence-corrected chi connectivity index (χ3v) is 1.33. The van der Waals surface area contributed by atoms with Gasteiger partial charge in [-0.1, -0.05) is 72.9 Å². The van der Waals surface area contributed by atoms with Crippen molar-refractivity contribution in [1.82, 2.24) is 0 Å². The lowest BCUT2D eigenvalue weighted by molar-refractivity contribution is 1.81. The molecule has 0 saturated carbocycles. The smallest absolute Gasteiger partial charge is 0.0623 e. The summed E-state index contributed by atoms with van der Waals surface area (Å²) < 4.78 is 0. The van der Waals surface area contributed by atoms with Crippen molar-refractivity contribution >= 4 is 0 Å². The van der Waals surface area contributed by atoms with E-state index in [9.17, 15) is 0 Å². The fraction of sp³-hybridized carbons (Fsp3) is 0.